The van der Waals surface area contributed by atoms with E-state index in [0.717, 1.165) is 16.8 Å². The van der Waals surface area contributed by atoms with Crippen molar-refractivity contribution >= 4 is 29.0 Å². The summed E-state index contributed by atoms with van der Waals surface area (Å²) in [6, 6.07) is 10.7. The maximum atomic E-state index is 13.6. The number of rotatable bonds is 5. The number of hydrogen-bond donors (Lipinski definition) is 2. The average Bonchev–Trinajstić information content (AvgIpc) is 3.21. The molecule has 2 aromatic carbocycles. The Morgan fingerprint density at radius 1 is 0.941 bits per heavy atom. The second-order valence-electron chi connectivity index (χ2n) is 8.09. The summed E-state index contributed by atoms with van der Waals surface area (Å²) >= 11 is 6.06. The number of nitrogens with one attached hydrogen (secondary N) is 2. The molecule has 0 unspecified atom stereocenters. The van der Waals surface area contributed by atoms with Crippen LogP contribution >= 0.6 is 11.6 Å². The standard InChI is InChI=1S/C24H23ClN4O5/c1-31-18-10-14(11-19(32-2)22(18)33-3)21-20-16(26-23-24(27-21)29-34-28-23)8-13(9-17(20)30)12-4-6-15(25)7-5-12/h4-7,10-11,13,21H,8-9H2,1-3H3,(H,26,28)(H,27,29)/t13-,21-/m0/s1. The summed E-state index contributed by atoms with van der Waals surface area (Å²) in [5.74, 6) is 2.28. The van der Waals surface area contributed by atoms with E-state index in [1.165, 1.54) is 0 Å². The molecule has 0 amide bonds. The van der Waals surface area contributed by atoms with Gasteiger partial charge >= 0.3 is 0 Å². The van der Waals surface area contributed by atoms with Gasteiger partial charge < -0.3 is 24.8 Å². The molecule has 34 heavy (non-hydrogen) atoms. The van der Waals surface area contributed by atoms with Gasteiger partial charge in [0.15, 0.2) is 17.3 Å². The summed E-state index contributed by atoms with van der Waals surface area (Å²) < 4.78 is 21.5. The molecule has 2 atom stereocenters. The number of aromatic nitrogens is 2. The van der Waals surface area contributed by atoms with Gasteiger partial charge in [-0.15, -0.1) is 0 Å². The van der Waals surface area contributed by atoms with Crippen molar-refractivity contribution in [1.29, 1.82) is 0 Å². The molecule has 0 fully saturated rings. The molecule has 1 aliphatic heterocycles. The normalized spacial score (nSPS) is 19.4. The zero-order valence-electron chi connectivity index (χ0n) is 18.8. The summed E-state index contributed by atoms with van der Waals surface area (Å²) in [6.07, 6.45) is 0.970. The minimum atomic E-state index is -0.539. The fourth-order valence-corrected chi connectivity index (χ4v) is 4.72. The van der Waals surface area contributed by atoms with E-state index in [0.29, 0.717) is 52.3 Å². The highest BCUT2D eigenvalue weighted by molar-refractivity contribution is 6.30. The lowest BCUT2D eigenvalue weighted by Gasteiger charge is -2.30. The highest BCUT2D eigenvalue weighted by atomic mass is 35.5. The van der Waals surface area contributed by atoms with Crippen molar-refractivity contribution in [2.75, 3.05) is 32.0 Å². The molecule has 3 aromatic rings. The van der Waals surface area contributed by atoms with E-state index < -0.39 is 6.04 Å². The van der Waals surface area contributed by atoms with E-state index >= 15 is 0 Å². The quantitative estimate of drug-likeness (QED) is 0.533. The van der Waals surface area contributed by atoms with Crippen molar-refractivity contribution in [2.24, 2.45) is 0 Å². The van der Waals surface area contributed by atoms with Crippen molar-refractivity contribution in [3.63, 3.8) is 0 Å². The lowest BCUT2D eigenvalue weighted by atomic mass is 9.78. The van der Waals surface area contributed by atoms with E-state index in [2.05, 4.69) is 20.9 Å². The Morgan fingerprint density at radius 2 is 1.62 bits per heavy atom. The maximum absolute atomic E-state index is 13.6. The largest absolute Gasteiger partial charge is 0.493 e. The third kappa shape index (κ3) is 3.81. The van der Waals surface area contributed by atoms with E-state index in [-0.39, 0.29) is 11.7 Å². The fraction of sp³-hybridized carbons (Fsp3) is 0.292. The minimum Gasteiger partial charge on any atom is -0.493 e. The first-order valence-electron chi connectivity index (χ1n) is 10.7. The van der Waals surface area contributed by atoms with Gasteiger partial charge in [-0.25, -0.2) is 4.63 Å². The number of ether oxygens (including phenoxy) is 3. The molecule has 5 rings (SSSR count). The van der Waals surface area contributed by atoms with Crippen LogP contribution in [-0.2, 0) is 4.79 Å². The number of allylic oxidation sites excluding steroid dienone is 1. The van der Waals surface area contributed by atoms with Crippen LogP contribution in [0.2, 0.25) is 5.02 Å². The number of ketones is 1. The molecule has 176 valence electrons. The molecular weight excluding hydrogens is 460 g/mol. The lowest BCUT2D eigenvalue weighted by molar-refractivity contribution is -0.116. The van der Waals surface area contributed by atoms with Crippen LogP contribution < -0.4 is 24.8 Å². The van der Waals surface area contributed by atoms with Crippen LogP contribution in [0.15, 0.2) is 52.3 Å². The van der Waals surface area contributed by atoms with Gasteiger partial charge in [-0.05, 0) is 58.0 Å². The van der Waals surface area contributed by atoms with Gasteiger partial charge in [-0.2, -0.15) is 0 Å². The average molecular weight is 483 g/mol. The Morgan fingerprint density at radius 3 is 2.26 bits per heavy atom. The van der Waals surface area contributed by atoms with Crippen molar-refractivity contribution in [3.8, 4) is 17.2 Å². The number of methoxy groups -OCH3 is 3. The van der Waals surface area contributed by atoms with Crippen molar-refractivity contribution < 1.29 is 23.6 Å². The van der Waals surface area contributed by atoms with Crippen LogP contribution in [0.4, 0.5) is 11.6 Å². The Kier molecular flexibility index (Phi) is 5.79. The number of hydrogen-bond acceptors (Lipinski definition) is 9. The van der Waals surface area contributed by atoms with E-state index in [4.69, 9.17) is 30.4 Å². The summed E-state index contributed by atoms with van der Waals surface area (Å²) in [6.45, 7) is 0. The molecule has 0 spiro atoms. The minimum absolute atomic E-state index is 0.00184. The molecule has 2 aliphatic rings. The van der Waals surface area contributed by atoms with Crippen LogP contribution in [0, 0.1) is 0 Å². The SMILES string of the molecule is COc1cc([C@@H]2Nc3nonc3NC3=C2C(=O)C[C@@H](c2ccc(Cl)cc2)C3)cc(OC)c1OC. The van der Waals surface area contributed by atoms with Gasteiger partial charge in [0, 0.05) is 22.7 Å². The number of nitrogens with zero attached hydrogens (tertiary/aromatic N) is 2. The van der Waals surface area contributed by atoms with Crippen molar-refractivity contribution in [2.45, 2.75) is 24.8 Å². The van der Waals surface area contributed by atoms with Crippen LogP contribution in [0.5, 0.6) is 17.2 Å². The number of carbonyl (C=O) groups excluding carboxylic acids is 1. The zero-order valence-corrected chi connectivity index (χ0v) is 19.6. The molecule has 2 N–H and O–H groups in total. The monoisotopic (exact) mass is 482 g/mol. The number of benzene rings is 2. The number of carbonyl (C=O) groups is 1. The lowest BCUT2D eigenvalue weighted by Crippen LogP contribution is -2.27. The molecular formula is C24H23ClN4O5. The van der Waals surface area contributed by atoms with Gasteiger partial charge in [0.2, 0.25) is 17.4 Å². The highest BCUT2D eigenvalue weighted by Gasteiger charge is 2.38. The van der Waals surface area contributed by atoms with E-state index in [1.807, 2.05) is 36.4 Å². The molecule has 9 nitrogen and oxygen atoms in total. The Hall–Kier alpha value is -3.72. The molecule has 0 saturated carbocycles. The van der Waals surface area contributed by atoms with E-state index in [9.17, 15) is 4.79 Å². The van der Waals surface area contributed by atoms with Gasteiger partial charge in [0.1, 0.15) is 0 Å². The first-order chi connectivity index (χ1) is 16.5. The number of anilines is 2. The highest BCUT2D eigenvalue weighted by Crippen LogP contribution is 2.46. The van der Waals surface area contributed by atoms with Crippen LogP contribution in [0.25, 0.3) is 0 Å². The second kappa shape index (κ2) is 8.90. The van der Waals surface area contributed by atoms with Gasteiger partial charge in [-0.3, -0.25) is 4.79 Å². The molecule has 1 aromatic heterocycles. The van der Waals surface area contributed by atoms with Crippen LogP contribution in [-0.4, -0.2) is 37.4 Å². The van der Waals surface area contributed by atoms with E-state index in [1.54, 1.807) is 21.3 Å². The maximum Gasteiger partial charge on any atom is 0.219 e. The molecule has 1 aliphatic carbocycles. The fourth-order valence-electron chi connectivity index (χ4n) is 4.59. The van der Waals surface area contributed by atoms with Gasteiger partial charge in [0.25, 0.3) is 0 Å². The number of fused-ring (bicyclic) bond motifs is 1. The summed E-state index contributed by atoms with van der Waals surface area (Å²) in [5, 5.41) is 15.2. The molecule has 0 saturated heterocycles. The Labute approximate surface area is 201 Å². The Bertz CT molecular complexity index is 1250. The topological polar surface area (TPSA) is 108 Å². The third-order valence-electron chi connectivity index (χ3n) is 6.20. The smallest absolute Gasteiger partial charge is 0.219 e. The van der Waals surface area contributed by atoms with Crippen LogP contribution in [0.3, 0.4) is 0 Å². The van der Waals surface area contributed by atoms with Gasteiger partial charge in [-0.1, -0.05) is 23.7 Å². The molecule has 0 radical (unpaired) electrons. The summed E-state index contributed by atoms with van der Waals surface area (Å²) in [4.78, 5) is 13.6. The number of Topliss-reactive ketones (excluding diaryl/α,β-unsaturated/α-hetero) is 1. The number of halogens is 1. The second-order valence-corrected chi connectivity index (χ2v) is 8.53. The van der Waals surface area contributed by atoms with Crippen molar-refractivity contribution in [1.82, 2.24) is 10.3 Å². The summed E-state index contributed by atoms with van der Waals surface area (Å²) in [5.41, 5.74) is 3.17. The molecule has 0 bridgehead atoms. The van der Waals surface area contributed by atoms with Gasteiger partial charge in [0.05, 0.1) is 27.4 Å². The molecule has 10 heteroatoms. The summed E-state index contributed by atoms with van der Waals surface area (Å²) in [7, 11) is 4.65. The van der Waals surface area contributed by atoms with Crippen molar-refractivity contribution in [3.05, 3.63) is 63.8 Å². The Balaban J connectivity index is 1.62. The zero-order chi connectivity index (χ0) is 23.8. The molecule has 2 heterocycles. The first-order valence-corrected chi connectivity index (χ1v) is 11.1. The third-order valence-corrected chi connectivity index (χ3v) is 6.45. The first kappa shape index (κ1) is 22.1. The predicted molar refractivity (Wildman–Crippen MR) is 126 cm³/mol. The predicted octanol–water partition coefficient (Wildman–Crippen LogP) is 4.73. The van der Waals surface area contributed by atoms with Crippen LogP contribution in [0.1, 0.15) is 35.9 Å².